The van der Waals surface area contributed by atoms with Gasteiger partial charge in [0, 0.05) is 30.2 Å². The molecule has 7 heteroatoms. The number of fused-ring (bicyclic) bond motifs is 2. The van der Waals surface area contributed by atoms with Gasteiger partial charge in [0.15, 0.2) is 16.5 Å². The number of hydrogen-bond acceptors (Lipinski definition) is 6. The predicted molar refractivity (Wildman–Crippen MR) is 126 cm³/mol. The number of thiazole rings is 1. The van der Waals surface area contributed by atoms with Crippen molar-refractivity contribution in [3.8, 4) is 11.5 Å². The van der Waals surface area contributed by atoms with Crippen LogP contribution in [0.25, 0.3) is 4.96 Å². The molecule has 0 radical (unpaired) electrons. The second kappa shape index (κ2) is 8.41. The largest absolute Gasteiger partial charge is 0.493 e. The molecular formula is C25H25N3O3S. The maximum absolute atomic E-state index is 12.7. The van der Waals surface area contributed by atoms with Crippen molar-refractivity contribution in [2.75, 3.05) is 20.8 Å². The summed E-state index contributed by atoms with van der Waals surface area (Å²) in [6.07, 6.45) is 0.887. The fourth-order valence-corrected chi connectivity index (χ4v) is 5.47. The number of nitrogens with zero attached hydrogens (tertiary/aromatic N) is 3. The van der Waals surface area contributed by atoms with E-state index >= 15 is 0 Å². The van der Waals surface area contributed by atoms with Gasteiger partial charge < -0.3 is 9.47 Å². The van der Waals surface area contributed by atoms with Crippen molar-refractivity contribution in [1.29, 1.82) is 0 Å². The Balaban J connectivity index is 1.59. The molecule has 6 nitrogen and oxygen atoms in total. The molecular weight excluding hydrogens is 422 g/mol. The highest BCUT2D eigenvalue weighted by atomic mass is 32.1. The van der Waals surface area contributed by atoms with Crippen molar-refractivity contribution in [3.05, 3.63) is 92.3 Å². The highest BCUT2D eigenvalue weighted by Gasteiger charge is 2.31. The molecule has 1 atom stereocenters. The third kappa shape index (κ3) is 3.57. The van der Waals surface area contributed by atoms with Gasteiger partial charge in [0.05, 0.1) is 26.0 Å². The number of methoxy groups -OCH3 is 2. The molecule has 164 valence electrons. The van der Waals surface area contributed by atoms with Gasteiger partial charge >= 0.3 is 0 Å². The van der Waals surface area contributed by atoms with E-state index in [4.69, 9.17) is 14.5 Å². The molecule has 0 saturated heterocycles. The molecule has 1 aliphatic rings. The zero-order valence-electron chi connectivity index (χ0n) is 18.4. The minimum absolute atomic E-state index is 0.0242. The van der Waals surface area contributed by atoms with E-state index in [2.05, 4.69) is 41.3 Å². The topological polar surface area (TPSA) is 56.1 Å². The van der Waals surface area contributed by atoms with Gasteiger partial charge in [0.2, 0.25) is 0 Å². The molecule has 3 heterocycles. The van der Waals surface area contributed by atoms with E-state index in [-0.39, 0.29) is 11.6 Å². The van der Waals surface area contributed by atoms with E-state index in [0.717, 1.165) is 40.8 Å². The number of hydrogen-bond donors (Lipinski definition) is 0. The van der Waals surface area contributed by atoms with Crippen LogP contribution in [-0.4, -0.2) is 35.0 Å². The average molecular weight is 448 g/mol. The Bertz CT molecular complexity index is 1330. The van der Waals surface area contributed by atoms with E-state index in [1.807, 2.05) is 18.4 Å². The zero-order valence-corrected chi connectivity index (χ0v) is 19.2. The molecule has 0 N–H and O–H groups in total. The van der Waals surface area contributed by atoms with Crippen molar-refractivity contribution >= 4 is 16.3 Å². The molecule has 32 heavy (non-hydrogen) atoms. The first kappa shape index (κ1) is 20.7. The minimum Gasteiger partial charge on any atom is -0.493 e. The first-order valence-corrected chi connectivity index (χ1v) is 11.5. The Morgan fingerprint density at radius 1 is 1.09 bits per heavy atom. The molecule has 4 aromatic rings. The lowest BCUT2D eigenvalue weighted by Gasteiger charge is -2.38. The fraction of sp³-hybridized carbons (Fsp3) is 0.280. The van der Waals surface area contributed by atoms with Crippen molar-refractivity contribution in [2.45, 2.75) is 25.9 Å². The highest BCUT2D eigenvalue weighted by molar-refractivity contribution is 7.15. The molecule has 5 rings (SSSR count). The molecule has 0 spiro atoms. The maximum Gasteiger partial charge on any atom is 0.259 e. The predicted octanol–water partition coefficient (Wildman–Crippen LogP) is 4.23. The van der Waals surface area contributed by atoms with Crippen LogP contribution in [-0.2, 0) is 13.0 Å². The Morgan fingerprint density at radius 3 is 2.59 bits per heavy atom. The van der Waals surface area contributed by atoms with Gasteiger partial charge in [-0.1, -0.05) is 30.3 Å². The SMILES string of the molecule is COc1cc2c(cc1OC)C(c1ccccc1)N(Cc1cc(=O)n3c(C)csc3n1)CC2. The zero-order chi connectivity index (χ0) is 22.2. The molecule has 1 unspecified atom stereocenters. The normalized spacial score (nSPS) is 16.2. The lowest BCUT2D eigenvalue weighted by atomic mass is 9.87. The van der Waals surface area contributed by atoms with E-state index in [1.165, 1.54) is 28.0 Å². The van der Waals surface area contributed by atoms with Crippen LogP contribution in [0.15, 0.2) is 58.7 Å². The van der Waals surface area contributed by atoms with Crippen molar-refractivity contribution in [2.24, 2.45) is 0 Å². The summed E-state index contributed by atoms with van der Waals surface area (Å²) in [7, 11) is 3.33. The van der Waals surface area contributed by atoms with E-state index in [0.29, 0.717) is 6.54 Å². The average Bonchev–Trinajstić information content (AvgIpc) is 3.19. The van der Waals surface area contributed by atoms with Crippen LogP contribution in [0.4, 0.5) is 0 Å². The third-order valence-corrected chi connectivity index (χ3v) is 7.03. The Kier molecular flexibility index (Phi) is 5.45. The number of aromatic nitrogens is 2. The number of rotatable bonds is 5. The first-order chi connectivity index (χ1) is 15.6. The van der Waals surface area contributed by atoms with Crippen LogP contribution >= 0.6 is 11.3 Å². The van der Waals surface area contributed by atoms with E-state index in [1.54, 1.807) is 24.7 Å². The van der Waals surface area contributed by atoms with Crippen molar-refractivity contribution in [3.63, 3.8) is 0 Å². The Labute approximate surface area is 190 Å². The van der Waals surface area contributed by atoms with Crippen LogP contribution in [0.5, 0.6) is 11.5 Å². The lowest BCUT2D eigenvalue weighted by molar-refractivity contribution is 0.201. The minimum atomic E-state index is -0.0242. The quantitative estimate of drug-likeness (QED) is 0.458. The van der Waals surface area contributed by atoms with Gasteiger partial charge in [-0.25, -0.2) is 4.98 Å². The molecule has 2 aromatic carbocycles. The fourth-order valence-electron chi connectivity index (χ4n) is 4.58. The van der Waals surface area contributed by atoms with Crippen LogP contribution in [0, 0.1) is 6.92 Å². The summed E-state index contributed by atoms with van der Waals surface area (Å²) in [6, 6.07) is 16.3. The Morgan fingerprint density at radius 2 is 1.84 bits per heavy atom. The summed E-state index contributed by atoms with van der Waals surface area (Å²) in [5, 5.41) is 1.97. The van der Waals surface area contributed by atoms with Gasteiger partial charge in [0.25, 0.3) is 5.56 Å². The molecule has 0 aliphatic carbocycles. The molecule has 0 fully saturated rings. The number of aryl methyl sites for hydroxylation is 1. The standard InChI is InChI=1S/C25H25N3O3S/c1-16-15-32-25-26-19(12-23(29)28(16)25)14-27-10-9-18-11-21(30-2)22(31-3)13-20(18)24(27)17-7-5-4-6-8-17/h4-8,11-13,15,24H,9-10,14H2,1-3H3. The van der Waals surface area contributed by atoms with Crippen molar-refractivity contribution in [1.82, 2.24) is 14.3 Å². The van der Waals surface area contributed by atoms with Gasteiger partial charge in [-0.3, -0.25) is 14.1 Å². The van der Waals surface area contributed by atoms with Gasteiger partial charge in [-0.2, -0.15) is 0 Å². The molecule has 0 saturated carbocycles. The maximum atomic E-state index is 12.7. The summed E-state index contributed by atoms with van der Waals surface area (Å²) < 4.78 is 12.8. The first-order valence-electron chi connectivity index (χ1n) is 10.6. The third-order valence-electron chi connectivity index (χ3n) is 6.08. The second-order valence-corrected chi connectivity index (χ2v) is 8.86. The van der Waals surface area contributed by atoms with Crippen LogP contribution in [0.3, 0.4) is 0 Å². The molecule has 1 aliphatic heterocycles. The Hall–Kier alpha value is -3.16. The van der Waals surface area contributed by atoms with E-state index < -0.39 is 0 Å². The smallest absolute Gasteiger partial charge is 0.259 e. The van der Waals surface area contributed by atoms with Gasteiger partial charge in [0.1, 0.15) is 0 Å². The highest BCUT2D eigenvalue weighted by Crippen LogP contribution is 2.41. The number of benzene rings is 2. The molecule has 0 amide bonds. The van der Waals surface area contributed by atoms with Gasteiger partial charge in [-0.05, 0) is 42.2 Å². The monoisotopic (exact) mass is 447 g/mol. The second-order valence-electron chi connectivity index (χ2n) is 8.02. The van der Waals surface area contributed by atoms with E-state index in [9.17, 15) is 4.79 Å². The van der Waals surface area contributed by atoms with Crippen LogP contribution in [0.2, 0.25) is 0 Å². The van der Waals surface area contributed by atoms with Crippen LogP contribution in [0.1, 0.15) is 34.1 Å². The lowest BCUT2D eigenvalue weighted by Crippen LogP contribution is -2.36. The van der Waals surface area contributed by atoms with Crippen molar-refractivity contribution < 1.29 is 9.47 Å². The summed E-state index contributed by atoms with van der Waals surface area (Å²) in [4.78, 5) is 20.6. The molecule has 2 aromatic heterocycles. The summed E-state index contributed by atoms with van der Waals surface area (Å²) in [6.45, 7) is 3.38. The summed E-state index contributed by atoms with van der Waals surface area (Å²) in [5.74, 6) is 1.47. The number of ether oxygens (including phenoxy) is 2. The summed E-state index contributed by atoms with van der Waals surface area (Å²) in [5.41, 5.74) is 5.34. The summed E-state index contributed by atoms with van der Waals surface area (Å²) >= 11 is 1.50. The molecule has 0 bridgehead atoms. The van der Waals surface area contributed by atoms with Crippen LogP contribution < -0.4 is 15.0 Å². The van der Waals surface area contributed by atoms with Gasteiger partial charge in [-0.15, -0.1) is 11.3 Å².